The van der Waals surface area contributed by atoms with Crippen molar-refractivity contribution in [1.29, 1.82) is 0 Å². The molecule has 3 N–H and O–H groups in total. The molecule has 34 heavy (non-hydrogen) atoms. The van der Waals surface area contributed by atoms with Gasteiger partial charge < -0.3 is 16.0 Å². The molecule has 0 aliphatic carbocycles. The Morgan fingerprint density at radius 3 is 2.38 bits per heavy atom. The number of nitrogen functional groups attached to an aromatic ring is 1. The van der Waals surface area contributed by atoms with Crippen molar-refractivity contribution in [3.63, 3.8) is 0 Å². The number of carbonyl (C=O) groups is 2. The number of para-hydroxylation sites is 1. The van der Waals surface area contributed by atoms with E-state index in [1.807, 2.05) is 61.2 Å². The molecule has 3 aromatic rings. The summed E-state index contributed by atoms with van der Waals surface area (Å²) in [6.07, 6.45) is 0.798. The smallest absolute Gasteiger partial charge is 0.251 e. The van der Waals surface area contributed by atoms with Gasteiger partial charge in [-0.05, 0) is 30.2 Å². The Morgan fingerprint density at radius 2 is 1.68 bits per heavy atom. The lowest BCUT2D eigenvalue weighted by Gasteiger charge is -2.37. The lowest BCUT2D eigenvalue weighted by molar-refractivity contribution is -0.136. The molecule has 1 saturated heterocycles. The molecule has 1 aliphatic heterocycles. The number of anilines is 1. The van der Waals surface area contributed by atoms with E-state index >= 15 is 0 Å². The van der Waals surface area contributed by atoms with Crippen LogP contribution in [0.4, 0.5) is 5.82 Å². The number of benzene rings is 2. The summed E-state index contributed by atoms with van der Waals surface area (Å²) in [4.78, 5) is 39.3. The second-order valence-corrected chi connectivity index (χ2v) is 8.85. The number of nitrogens with two attached hydrogens (primary N) is 1. The fraction of sp³-hybridized carbons (Fsp3) is 0.385. The Hall–Kier alpha value is -3.52. The van der Waals surface area contributed by atoms with Crippen LogP contribution in [0.2, 0.25) is 0 Å². The van der Waals surface area contributed by atoms with E-state index in [0.717, 1.165) is 17.3 Å². The molecule has 2 aromatic carbocycles. The first-order valence-corrected chi connectivity index (χ1v) is 11.8. The zero-order valence-electron chi connectivity index (χ0n) is 19.8. The van der Waals surface area contributed by atoms with Gasteiger partial charge in [-0.2, -0.15) is 0 Å². The highest BCUT2D eigenvalue weighted by molar-refractivity contribution is 5.97. The fourth-order valence-electron chi connectivity index (χ4n) is 4.24. The summed E-state index contributed by atoms with van der Waals surface area (Å²) in [5, 5.41) is 3.83. The summed E-state index contributed by atoms with van der Waals surface area (Å²) >= 11 is 0. The van der Waals surface area contributed by atoms with E-state index in [2.05, 4.69) is 20.2 Å². The number of piperazine rings is 1. The molecule has 1 aromatic heterocycles. The number of hydrogen-bond donors (Lipinski definition) is 2. The van der Waals surface area contributed by atoms with Crippen molar-refractivity contribution in [3.8, 4) is 0 Å². The minimum Gasteiger partial charge on any atom is -0.383 e. The summed E-state index contributed by atoms with van der Waals surface area (Å²) in [7, 11) is 0. The molecule has 8 nitrogen and oxygen atoms in total. The lowest BCUT2D eigenvalue weighted by Crippen LogP contribution is -2.56. The first-order valence-electron chi connectivity index (χ1n) is 11.8. The van der Waals surface area contributed by atoms with E-state index in [1.54, 1.807) is 12.1 Å². The monoisotopic (exact) mass is 460 g/mol. The number of carbonyl (C=O) groups excluding carboxylic acids is 2. The molecule has 2 atom stereocenters. The Labute approximate surface area is 200 Å². The summed E-state index contributed by atoms with van der Waals surface area (Å²) in [5.41, 5.74) is 7.52. The van der Waals surface area contributed by atoms with Crippen molar-refractivity contribution in [2.24, 2.45) is 5.92 Å². The van der Waals surface area contributed by atoms with E-state index < -0.39 is 6.04 Å². The van der Waals surface area contributed by atoms with Crippen molar-refractivity contribution < 1.29 is 9.59 Å². The largest absolute Gasteiger partial charge is 0.383 e. The van der Waals surface area contributed by atoms with E-state index in [9.17, 15) is 9.59 Å². The average Bonchev–Trinajstić information content (AvgIpc) is 2.87. The van der Waals surface area contributed by atoms with Crippen molar-refractivity contribution in [3.05, 3.63) is 66.0 Å². The molecule has 0 bridgehead atoms. The molecule has 178 valence electrons. The number of fused-ring (bicyclic) bond motifs is 1. The molecule has 1 fully saturated rings. The summed E-state index contributed by atoms with van der Waals surface area (Å²) in [6, 6.07) is 16.2. The van der Waals surface area contributed by atoms with Crippen LogP contribution in [0.25, 0.3) is 10.9 Å². The van der Waals surface area contributed by atoms with Gasteiger partial charge in [-0.1, -0.05) is 50.6 Å². The standard InChI is InChI=1S/C26H32N6O2/c1-3-18(2)23(30-25(33)19-9-5-4-6-10-19)26(34)32-15-13-31(14-16-32)17-22-28-21-12-8-7-11-20(21)24(27)29-22/h4-12,18,23H,3,13-17H2,1-2H3,(H,30,33)(H2,27,28,29)/t18-,23+/m0/s1. The van der Waals surface area contributed by atoms with Crippen molar-refractivity contribution in [2.75, 3.05) is 31.9 Å². The number of nitrogens with one attached hydrogen (secondary N) is 1. The second-order valence-electron chi connectivity index (χ2n) is 8.85. The van der Waals surface area contributed by atoms with Gasteiger partial charge in [0.05, 0.1) is 12.1 Å². The molecule has 0 unspecified atom stereocenters. The molecule has 2 amide bonds. The minimum absolute atomic E-state index is 0.0236. The van der Waals surface area contributed by atoms with Crippen LogP contribution in [0.3, 0.4) is 0 Å². The summed E-state index contributed by atoms with van der Waals surface area (Å²) in [6.45, 7) is 7.23. The topological polar surface area (TPSA) is 104 Å². The van der Waals surface area contributed by atoms with E-state index in [-0.39, 0.29) is 17.7 Å². The van der Waals surface area contributed by atoms with Crippen LogP contribution in [-0.2, 0) is 11.3 Å². The molecule has 0 saturated carbocycles. The molecular weight excluding hydrogens is 428 g/mol. The van der Waals surface area contributed by atoms with Gasteiger partial charge in [0.15, 0.2) is 0 Å². The van der Waals surface area contributed by atoms with Gasteiger partial charge in [0, 0.05) is 37.1 Å². The van der Waals surface area contributed by atoms with Crippen LogP contribution in [0.15, 0.2) is 54.6 Å². The summed E-state index contributed by atoms with van der Waals surface area (Å²) < 4.78 is 0. The van der Waals surface area contributed by atoms with Gasteiger partial charge in [-0.3, -0.25) is 14.5 Å². The van der Waals surface area contributed by atoms with Crippen LogP contribution >= 0.6 is 0 Å². The van der Waals surface area contributed by atoms with Crippen molar-refractivity contribution >= 4 is 28.5 Å². The van der Waals surface area contributed by atoms with Gasteiger partial charge >= 0.3 is 0 Å². The summed E-state index contributed by atoms with van der Waals surface area (Å²) in [5.74, 6) is 0.962. The van der Waals surface area contributed by atoms with Gasteiger partial charge in [-0.25, -0.2) is 9.97 Å². The maximum Gasteiger partial charge on any atom is 0.251 e. The van der Waals surface area contributed by atoms with Crippen LogP contribution in [0.1, 0.15) is 36.5 Å². The molecule has 0 radical (unpaired) electrons. The zero-order valence-corrected chi connectivity index (χ0v) is 19.8. The van der Waals surface area contributed by atoms with E-state index in [1.165, 1.54) is 0 Å². The molecule has 4 rings (SSSR count). The van der Waals surface area contributed by atoms with Crippen molar-refractivity contribution in [1.82, 2.24) is 25.1 Å². The van der Waals surface area contributed by atoms with Crippen LogP contribution in [-0.4, -0.2) is 63.8 Å². The SMILES string of the molecule is CC[C@H](C)[C@@H](NC(=O)c1ccccc1)C(=O)N1CCN(Cc2nc(N)c3ccccc3n2)CC1. The number of rotatable bonds is 7. The van der Waals surface area contributed by atoms with Crippen LogP contribution < -0.4 is 11.1 Å². The van der Waals surface area contributed by atoms with Gasteiger partial charge in [0.2, 0.25) is 5.91 Å². The first kappa shape index (κ1) is 23.6. The number of nitrogens with zero attached hydrogens (tertiary/aromatic N) is 4. The first-order chi connectivity index (χ1) is 16.5. The highest BCUT2D eigenvalue weighted by Gasteiger charge is 2.32. The Morgan fingerprint density at radius 1 is 1.00 bits per heavy atom. The van der Waals surface area contributed by atoms with E-state index in [4.69, 9.17) is 5.73 Å². The highest BCUT2D eigenvalue weighted by atomic mass is 16.2. The van der Waals surface area contributed by atoms with Gasteiger partial charge in [-0.15, -0.1) is 0 Å². The zero-order chi connectivity index (χ0) is 24.1. The third kappa shape index (κ3) is 5.34. The third-order valence-corrected chi connectivity index (χ3v) is 6.53. The molecule has 2 heterocycles. The predicted molar refractivity (Wildman–Crippen MR) is 133 cm³/mol. The quantitative estimate of drug-likeness (QED) is 0.562. The van der Waals surface area contributed by atoms with Gasteiger partial charge in [0.1, 0.15) is 17.7 Å². The maximum atomic E-state index is 13.4. The number of hydrogen-bond acceptors (Lipinski definition) is 6. The van der Waals surface area contributed by atoms with Gasteiger partial charge in [0.25, 0.3) is 5.91 Å². The molecule has 1 aliphatic rings. The fourth-order valence-corrected chi connectivity index (χ4v) is 4.24. The van der Waals surface area contributed by atoms with Crippen LogP contribution in [0, 0.1) is 5.92 Å². The predicted octanol–water partition coefficient (Wildman–Crippen LogP) is 2.70. The molecule has 0 spiro atoms. The van der Waals surface area contributed by atoms with Crippen molar-refractivity contribution in [2.45, 2.75) is 32.9 Å². The Bertz CT molecular complexity index is 1140. The Balaban J connectivity index is 1.38. The number of aromatic nitrogens is 2. The molecular formula is C26H32N6O2. The second kappa shape index (κ2) is 10.6. The minimum atomic E-state index is -0.548. The Kier molecular flexibility index (Phi) is 7.37. The van der Waals surface area contributed by atoms with Crippen LogP contribution in [0.5, 0.6) is 0 Å². The molecule has 8 heteroatoms. The number of amides is 2. The third-order valence-electron chi connectivity index (χ3n) is 6.53. The maximum absolute atomic E-state index is 13.4. The highest BCUT2D eigenvalue weighted by Crippen LogP contribution is 2.19. The lowest BCUT2D eigenvalue weighted by atomic mass is 9.97. The normalized spacial score (nSPS) is 16.2. The van der Waals surface area contributed by atoms with E-state index in [0.29, 0.717) is 49.9 Å². The average molecular weight is 461 g/mol.